The average Bonchev–Trinajstić information content (AvgIpc) is 1.62. The lowest BCUT2D eigenvalue weighted by Gasteiger charge is -2.38. The van der Waals surface area contributed by atoms with Gasteiger partial charge in [0.05, 0.1) is 18.6 Å². The van der Waals surface area contributed by atoms with E-state index in [9.17, 15) is 68.4 Å². The Labute approximate surface area is 770 Å². The molecule has 0 radical (unpaired) electrons. The second kappa shape index (κ2) is 49.0. The lowest BCUT2D eigenvalue weighted by molar-refractivity contribution is -0.149. The smallest absolute Gasteiger partial charge is 0.323 e. The first-order chi connectivity index (χ1) is 63.3. The number of amides is 15. The Morgan fingerprint density at radius 2 is 1.08 bits per heavy atom. The Kier molecular flexibility index (Phi) is 38.2. The summed E-state index contributed by atoms with van der Waals surface area (Å²) in [4.78, 5) is 271. The number of aromatic hydroxyl groups is 1. The lowest BCUT2D eigenvalue weighted by atomic mass is 9.90. The molecule has 0 aliphatic carbocycles. The number of aliphatic hydroxyl groups is 1. The third-order valence-electron chi connectivity index (χ3n) is 25.1. The Bertz CT molecular complexity index is 5040. The van der Waals surface area contributed by atoms with E-state index in [2.05, 4.69) is 47.5 Å². The number of aliphatic carboxylic acids is 2. The van der Waals surface area contributed by atoms with E-state index in [-0.39, 0.29) is 121 Å². The molecule has 0 spiro atoms. The van der Waals surface area contributed by atoms with Crippen molar-refractivity contribution in [3.05, 3.63) is 102 Å². The molecule has 15 amide bonds. The summed E-state index contributed by atoms with van der Waals surface area (Å²) < 4.78 is 1.43. The highest BCUT2D eigenvalue weighted by Gasteiger charge is 2.47. The number of phenols is 1. The fourth-order valence-electron chi connectivity index (χ4n) is 18.0. The summed E-state index contributed by atoms with van der Waals surface area (Å²) in [6.07, 6.45) is -1.07. The largest absolute Gasteiger partial charge is 0.508 e. The van der Waals surface area contributed by atoms with Crippen LogP contribution in [0.3, 0.4) is 0 Å². The molecule has 0 bridgehead atoms. The van der Waals surface area contributed by atoms with Crippen LogP contribution in [0.5, 0.6) is 5.75 Å². The molecule has 6 heterocycles. The maximum absolute atomic E-state index is 15.9. The number of piperidine rings is 1. The van der Waals surface area contributed by atoms with E-state index in [1.54, 1.807) is 75.5 Å². The molecule has 0 unspecified atom stereocenters. The van der Waals surface area contributed by atoms with Gasteiger partial charge in [0.15, 0.2) is 5.78 Å². The van der Waals surface area contributed by atoms with Gasteiger partial charge in [-0.25, -0.2) is 0 Å². The number of aromatic nitrogens is 2. The van der Waals surface area contributed by atoms with Gasteiger partial charge in [-0.15, -0.1) is 0 Å². The van der Waals surface area contributed by atoms with E-state index >= 15 is 38.4 Å². The summed E-state index contributed by atoms with van der Waals surface area (Å²) in [7, 11) is 2.61. The number of carbonyl (C=O) groups excluding carboxylic acids is 16. The van der Waals surface area contributed by atoms with E-state index in [1.165, 1.54) is 54.0 Å². The summed E-state index contributed by atoms with van der Waals surface area (Å²) in [6, 6.07) is -0.403. The molecular weight excluding hydrogens is 1720 g/mol. The van der Waals surface area contributed by atoms with Crippen molar-refractivity contribution >= 4 is 128 Å². The Balaban J connectivity index is 1.10. The van der Waals surface area contributed by atoms with Crippen LogP contribution in [0.2, 0.25) is 0 Å². The van der Waals surface area contributed by atoms with Crippen LogP contribution >= 0.6 is 0 Å². The van der Waals surface area contributed by atoms with Crippen LogP contribution in [0.1, 0.15) is 179 Å². The predicted molar refractivity (Wildman–Crippen MR) is 484 cm³/mol. The summed E-state index contributed by atoms with van der Waals surface area (Å²) in [6.45, 7) is 5.17. The number of carboxylic acid groups (broad SMARTS) is 2. The van der Waals surface area contributed by atoms with Gasteiger partial charge < -0.3 is 120 Å². The number of primary amides is 2. The zero-order chi connectivity index (χ0) is 97.2. The van der Waals surface area contributed by atoms with E-state index < -0.39 is 249 Å². The molecule has 724 valence electrons. The van der Waals surface area contributed by atoms with Gasteiger partial charge in [0.1, 0.15) is 84.8 Å². The standard InChI is InChI=1S/C92H129N19O22/c1-7-9-23-70-85(126)101-62(33-34-78(117)118)82(123)99-61(80(96)121)22-17-28-77(116)98-65(40-52-29-31-56(112)32-30-52)89(130)109-37-16-15-26-71(109)86(127)104-67(45-76(95)115)90(131)110-38-18-27-72(110)87(128)105-68(46-94)84(125)102-64(39-51(3)4)91(132)111-49-57(113)44-74(111)75(114)43-53(41-54-47-97-60-21-13-11-19-58(54)60)81(122)100-63(35-36-93)83(124)103-66(88(129)107(6)73(24-10-8-2)92(133)106(70)5)42-55-48-108(50-79(119)120)69-25-14-12-20-59(55)69/h11-14,19-21,25,29-32,47-48,51,53,57,61-68,70-74,97,112-113H,7-10,15-18,22-24,26-28,33-46,49-50,93-94H2,1-6H3,(H2,95,115)(H2,96,121)(H,98,116)(H,99,123)(H,100,122)(H,101,126)(H,102,125)(H,103,124)(H,104,127)(H,105,128)(H,117,118)(H,119,120)/t53-,57-,61+,62+,63+,64+,65+,66+,67+,68+,70+,71+,72+,73+,74+/m1/s1. The highest BCUT2D eigenvalue weighted by molar-refractivity contribution is 6.02. The molecule has 2 aromatic heterocycles. The summed E-state index contributed by atoms with van der Waals surface area (Å²) in [5.74, 6) is -19.1. The summed E-state index contributed by atoms with van der Waals surface area (Å²) in [5, 5.41) is 64.2. The van der Waals surface area contributed by atoms with Crippen molar-refractivity contribution in [2.24, 2.45) is 34.8 Å². The molecule has 4 fully saturated rings. The number of ketones is 1. The minimum Gasteiger partial charge on any atom is -0.508 e. The maximum atomic E-state index is 15.9. The normalized spacial score (nSPS) is 25.6. The van der Waals surface area contributed by atoms with Crippen LogP contribution in [0.15, 0.2) is 85.2 Å². The first kappa shape index (κ1) is 104. The number of fused-ring (bicyclic) bond motifs is 5. The number of carbonyl (C=O) groups is 18. The van der Waals surface area contributed by atoms with Gasteiger partial charge in [-0.2, -0.15) is 0 Å². The Morgan fingerprint density at radius 3 is 1.72 bits per heavy atom. The van der Waals surface area contributed by atoms with Crippen LogP contribution in [0.4, 0.5) is 0 Å². The number of unbranched alkanes of at least 4 members (excludes halogenated alkanes) is 2. The number of nitrogens with two attached hydrogens (primary N) is 4. The number of likely N-dealkylation sites (N-methyl/N-ethyl adjacent to an activating group) is 2. The fourth-order valence-corrected chi connectivity index (χ4v) is 18.0. The van der Waals surface area contributed by atoms with Crippen LogP contribution in [-0.4, -0.2) is 292 Å². The number of rotatable bonds is 25. The lowest BCUT2D eigenvalue weighted by Crippen LogP contribution is -2.62. The summed E-state index contributed by atoms with van der Waals surface area (Å²) in [5.41, 5.74) is 26.5. The number of H-pyrrole nitrogens is 1. The highest BCUT2D eigenvalue weighted by atomic mass is 16.4. The Morgan fingerprint density at radius 1 is 0.519 bits per heavy atom. The van der Waals surface area contributed by atoms with Gasteiger partial charge in [-0.05, 0) is 137 Å². The molecule has 21 N–H and O–H groups in total. The molecule has 3 aromatic carbocycles. The van der Waals surface area contributed by atoms with Gasteiger partial charge in [0.2, 0.25) is 88.6 Å². The first-order valence-corrected chi connectivity index (χ1v) is 45.7. The van der Waals surface area contributed by atoms with Crippen molar-refractivity contribution in [3.8, 4) is 5.75 Å². The van der Waals surface area contributed by atoms with Gasteiger partial charge in [-0.3, -0.25) is 86.3 Å². The van der Waals surface area contributed by atoms with Gasteiger partial charge in [0.25, 0.3) is 0 Å². The molecule has 4 aliphatic heterocycles. The van der Waals surface area contributed by atoms with E-state index in [0.29, 0.717) is 70.6 Å². The number of phenolic OH excluding ortho intramolecular Hbond substituents is 1. The van der Waals surface area contributed by atoms with Gasteiger partial charge >= 0.3 is 11.9 Å². The molecular formula is C92H129N19O22. The molecule has 41 heteroatoms. The van der Waals surface area contributed by atoms with Crippen LogP contribution in [-0.2, 0) is 112 Å². The maximum Gasteiger partial charge on any atom is 0.323 e. The first-order valence-electron chi connectivity index (χ1n) is 45.7. The number of Topliss-reactive ketones (excluding diaryl/α,β-unsaturated/α-hetero) is 1. The van der Waals surface area contributed by atoms with Crippen molar-refractivity contribution in [3.63, 3.8) is 0 Å². The number of benzene rings is 3. The average molecular weight is 1850 g/mol. The van der Waals surface area contributed by atoms with Crippen molar-refractivity contribution in [1.82, 2.24) is 76.6 Å². The zero-order valence-electron chi connectivity index (χ0n) is 76.2. The molecule has 5 aromatic rings. The second-order valence-corrected chi connectivity index (χ2v) is 35.4. The molecule has 0 saturated carbocycles. The fraction of sp³-hybridized carbons (Fsp3) is 0.565. The zero-order valence-corrected chi connectivity index (χ0v) is 76.2. The second-order valence-electron chi connectivity index (χ2n) is 35.4. The minimum atomic E-state index is -1.74. The van der Waals surface area contributed by atoms with Crippen LogP contribution in [0, 0.1) is 11.8 Å². The van der Waals surface area contributed by atoms with Crippen LogP contribution in [0.25, 0.3) is 21.8 Å². The number of para-hydroxylation sites is 2. The van der Waals surface area contributed by atoms with E-state index in [4.69, 9.17) is 22.9 Å². The van der Waals surface area contributed by atoms with Gasteiger partial charge in [-0.1, -0.05) is 102 Å². The van der Waals surface area contributed by atoms with Crippen molar-refractivity contribution in [1.29, 1.82) is 0 Å². The van der Waals surface area contributed by atoms with Gasteiger partial charge in [0, 0.05) is 119 Å². The number of hydrogen-bond acceptors (Lipinski definition) is 22. The monoisotopic (exact) mass is 1850 g/mol. The number of nitrogens with one attached hydrogen (secondary N) is 9. The molecule has 41 nitrogen and oxygen atoms in total. The molecule has 4 aliphatic rings. The third kappa shape index (κ3) is 28.1. The number of nitrogens with zero attached hydrogens (tertiary/aromatic N) is 6. The topological polar surface area (TPSA) is 625 Å². The number of hydrogen-bond donors (Lipinski definition) is 17. The molecule has 4 saturated heterocycles. The minimum absolute atomic E-state index is 0.00146. The van der Waals surface area contributed by atoms with Crippen molar-refractivity contribution in [2.45, 2.75) is 273 Å². The number of aromatic amines is 1. The highest BCUT2D eigenvalue weighted by Crippen LogP contribution is 2.31. The quantitative estimate of drug-likeness (QED) is 0.0351. The molecule has 133 heavy (non-hydrogen) atoms. The SMILES string of the molecule is CCCC[C@H]1C(=O)N(C)[C@@H](CCCC)C(=O)N[C@@H](CCC(=O)O)C(=O)N[C@H](C(N)=O)CCCC(=O)N[C@@H](Cc2ccc(O)cc2)C(=O)N2CCCC[C@H]2C(=O)N[C@@H](CC(N)=O)C(=O)N2CCC[C@H]2C(=O)N[C@@H](CN)C(=O)N[C@@H](CC(C)C)C(=O)N2C[C@H](O)C[C@H]2C(=O)C[C@@H](Cc2c[nH]c3ccccc23)C(=O)N[C@@H](CCN)C(=O)N[C@@H](Cc2cn(CC(=O)O)c3ccccc23)C(=O)N1C. The van der Waals surface area contributed by atoms with E-state index in [1.807, 2.05) is 6.92 Å². The van der Waals surface area contributed by atoms with Crippen molar-refractivity contribution < 1.29 is 107 Å². The number of aliphatic hydroxyl groups excluding tert-OH is 1. The van der Waals surface area contributed by atoms with E-state index in [0.717, 1.165) is 19.6 Å². The van der Waals surface area contributed by atoms with Crippen molar-refractivity contribution in [2.75, 3.05) is 46.8 Å². The molecule has 9 rings (SSSR count). The predicted octanol–water partition coefficient (Wildman–Crippen LogP) is -0.474. The number of carboxylic acids is 2. The Hall–Kier alpha value is -12.9. The summed E-state index contributed by atoms with van der Waals surface area (Å²) >= 11 is 0. The molecule has 15 atom stereocenters. The third-order valence-corrected chi connectivity index (χ3v) is 25.1. The van der Waals surface area contributed by atoms with Crippen LogP contribution < -0.4 is 65.5 Å².